The summed E-state index contributed by atoms with van der Waals surface area (Å²) in [5.41, 5.74) is -0.574. The average Bonchev–Trinajstić information content (AvgIpc) is 2.66. The van der Waals surface area contributed by atoms with Crippen molar-refractivity contribution >= 4 is 39.6 Å². The van der Waals surface area contributed by atoms with E-state index in [9.17, 15) is 9.59 Å². The van der Waals surface area contributed by atoms with Gasteiger partial charge in [-0.3, -0.25) is 15.0 Å². The third-order valence-corrected chi connectivity index (χ3v) is 3.33. The summed E-state index contributed by atoms with van der Waals surface area (Å²) < 4.78 is 5.17. The summed E-state index contributed by atoms with van der Waals surface area (Å²) in [5, 5.41) is 2.57. The molecule has 1 atom stereocenters. The molecule has 1 aliphatic heterocycles. The van der Waals surface area contributed by atoms with Crippen molar-refractivity contribution in [2.45, 2.75) is 37.6 Å². The Morgan fingerprint density at radius 1 is 1.48 bits per heavy atom. The molecule has 6 nitrogen and oxygen atoms in total. The largest absolute Gasteiger partial charge is 0.444 e. The number of alkyl halides is 1. The van der Waals surface area contributed by atoms with Crippen LogP contribution in [0.15, 0.2) is 18.2 Å². The molecule has 1 aromatic rings. The standard InChI is InChI=1S/C14H18BrN3O3/c1-14(2,3)21-13(20)17-10-5-4-6-11(16-10)18-8-9(15)7-12(18)19/h4-6,9H,7-8H2,1-3H3,(H,16,17,20). The number of rotatable bonds is 2. The van der Waals surface area contributed by atoms with E-state index in [2.05, 4.69) is 26.2 Å². The summed E-state index contributed by atoms with van der Waals surface area (Å²) in [6.07, 6.45) is -0.121. The zero-order valence-corrected chi connectivity index (χ0v) is 13.8. The number of carbonyl (C=O) groups is 2. The second kappa shape index (κ2) is 6.01. The fourth-order valence-corrected chi connectivity index (χ4v) is 2.50. The van der Waals surface area contributed by atoms with Crippen LogP contribution < -0.4 is 10.2 Å². The molecule has 1 fully saturated rings. The number of hydrogen-bond donors (Lipinski definition) is 1. The molecule has 1 unspecified atom stereocenters. The van der Waals surface area contributed by atoms with Gasteiger partial charge in [0.1, 0.15) is 17.2 Å². The van der Waals surface area contributed by atoms with Crippen LogP contribution >= 0.6 is 15.9 Å². The summed E-state index contributed by atoms with van der Waals surface area (Å²) in [7, 11) is 0. The summed E-state index contributed by atoms with van der Waals surface area (Å²) in [6.45, 7) is 5.93. The first-order valence-electron chi connectivity index (χ1n) is 6.66. The first-order valence-corrected chi connectivity index (χ1v) is 7.58. The van der Waals surface area contributed by atoms with E-state index >= 15 is 0 Å². The maximum atomic E-state index is 11.9. The Labute approximate surface area is 132 Å². The van der Waals surface area contributed by atoms with Gasteiger partial charge in [0, 0.05) is 17.8 Å². The van der Waals surface area contributed by atoms with Crippen LogP contribution in [-0.2, 0) is 9.53 Å². The Bertz CT molecular complexity index is 557. The fraction of sp³-hybridized carbons (Fsp3) is 0.500. The number of nitrogens with zero attached hydrogens (tertiary/aromatic N) is 2. The second-order valence-corrected chi connectivity index (χ2v) is 7.11. The first-order chi connectivity index (χ1) is 9.74. The minimum absolute atomic E-state index is 0.0128. The van der Waals surface area contributed by atoms with Gasteiger partial charge in [0.2, 0.25) is 5.91 Å². The third-order valence-electron chi connectivity index (χ3n) is 2.72. The van der Waals surface area contributed by atoms with Crippen molar-refractivity contribution in [3.63, 3.8) is 0 Å². The lowest BCUT2D eigenvalue weighted by Crippen LogP contribution is -2.28. The van der Waals surface area contributed by atoms with Crippen molar-refractivity contribution in [1.29, 1.82) is 0 Å². The van der Waals surface area contributed by atoms with E-state index in [0.29, 0.717) is 24.6 Å². The molecule has 0 radical (unpaired) electrons. The van der Waals surface area contributed by atoms with Crippen LogP contribution in [0.1, 0.15) is 27.2 Å². The van der Waals surface area contributed by atoms with E-state index in [0.717, 1.165) is 0 Å². The lowest BCUT2D eigenvalue weighted by Gasteiger charge is -2.20. The van der Waals surface area contributed by atoms with Gasteiger partial charge < -0.3 is 4.74 Å². The molecule has 1 saturated heterocycles. The monoisotopic (exact) mass is 355 g/mol. The van der Waals surface area contributed by atoms with Crippen molar-refractivity contribution in [2.24, 2.45) is 0 Å². The van der Waals surface area contributed by atoms with Gasteiger partial charge >= 0.3 is 6.09 Å². The summed E-state index contributed by atoms with van der Waals surface area (Å²) in [5.74, 6) is 0.891. The molecule has 114 valence electrons. The van der Waals surface area contributed by atoms with E-state index in [-0.39, 0.29) is 10.7 Å². The maximum Gasteiger partial charge on any atom is 0.413 e. The van der Waals surface area contributed by atoms with Crippen LogP contribution in [0.4, 0.5) is 16.4 Å². The minimum atomic E-state index is -0.574. The van der Waals surface area contributed by atoms with Crippen LogP contribution in [0.3, 0.4) is 0 Å². The van der Waals surface area contributed by atoms with Crippen molar-refractivity contribution in [1.82, 2.24) is 4.98 Å². The molecule has 7 heteroatoms. The Morgan fingerprint density at radius 3 is 2.76 bits per heavy atom. The molecule has 1 N–H and O–H groups in total. The van der Waals surface area contributed by atoms with Crippen molar-refractivity contribution in [3.8, 4) is 0 Å². The number of carbonyl (C=O) groups excluding carboxylic acids is 2. The maximum absolute atomic E-state index is 11.9. The summed E-state index contributed by atoms with van der Waals surface area (Å²) in [4.78, 5) is 29.6. The number of pyridine rings is 1. The Kier molecular flexibility index (Phi) is 4.51. The van der Waals surface area contributed by atoms with E-state index in [1.54, 1.807) is 43.9 Å². The molecular weight excluding hydrogens is 338 g/mol. The van der Waals surface area contributed by atoms with Crippen LogP contribution in [0.25, 0.3) is 0 Å². The van der Waals surface area contributed by atoms with Crippen LogP contribution in [-0.4, -0.2) is 34.0 Å². The number of hydrogen-bond acceptors (Lipinski definition) is 4. The van der Waals surface area contributed by atoms with Crippen LogP contribution in [0.2, 0.25) is 0 Å². The number of anilines is 2. The number of ether oxygens (including phenoxy) is 1. The molecular formula is C14H18BrN3O3. The highest BCUT2D eigenvalue weighted by Crippen LogP contribution is 2.24. The number of amides is 2. The van der Waals surface area contributed by atoms with Gasteiger partial charge in [-0.2, -0.15) is 0 Å². The fourth-order valence-electron chi connectivity index (χ4n) is 1.94. The van der Waals surface area contributed by atoms with Gasteiger partial charge in [0.05, 0.1) is 0 Å². The highest BCUT2D eigenvalue weighted by molar-refractivity contribution is 9.09. The minimum Gasteiger partial charge on any atom is -0.444 e. The topological polar surface area (TPSA) is 71.5 Å². The van der Waals surface area contributed by atoms with Gasteiger partial charge in [-0.25, -0.2) is 9.78 Å². The van der Waals surface area contributed by atoms with Gasteiger partial charge in [-0.1, -0.05) is 22.0 Å². The molecule has 0 aromatic carbocycles. The van der Waals surface area contributed by atoms with E-state index in [1.165, 1.54) is 0 Å². The molecule has 2 rings (SSSR count). The highest BCUT2D eigenvalue weighted by Gasteiger charge is 2.29. The highest BCUT2D eigenvalue weighted by atomic mass is 79.9. The lowest BCUT2D eigenvalue weighted by atomic mass is 10.2. The molecule has 0 spiro atoms. The Morgan fingerprint density at radius 2 is 2.19 bits per heavy atom. The van der Waals surface area contributed by atoms with Gasteiger partial charge in [-0.05, 0) is 32.9 Å². The van der Waals surface area contributed by atoms with E-state index in [1.807, 2.05) is 0 Å². The van der Waals surface area contributed by atoms with Gasteiger partial charge in [-0.15, -0.1) is 0 Å². The second-order valence-electron chi connectivity index (χ2n) is 5.81. The quantitative estimate of drug-likeness (QED) is 0.827. The zero-order valence-electron chi connectivity index (χ0n) is 12.2. The van der Waals surface area contributed by atoms with Crippen LogP contribution in [0, 0.1) is 0 Å². The summed E-state index contributed by atoms with van der Waals surface area (Å²) in [6, 6.07) is 5.13. The first kappa shape index (κ1) is 15.8. The zero-order chi connectivity index (χ0) is 15.6. The van der Waals surface area contributed by atoms with E-state index < -0.39 is 11.7 Å². The number of nitrogens with one attached hydrogen (secondary N) is 1. The van der Waals surface area contributed by atoms with E-state index in [4.69, 9.17) is 4.74 Å². The van der Waals surface area contributed by atoms with Gasteiger partial charge in [0.15, 0.2) is 0 Å². The number of aromatic nitrogens is 1. The molecule has 1 aromatic heterocycles. The Hall–Kier alpha value is -1.63. The van der Waals surface area contributed by atoms with Crippen LogP contribution in [0.5, 0.6) is 0 Å². The third kappa shape index (κ3) is 4.42. The van der Waals surface area contributed by atoms with Crippen molar-refractivity contribution < 1.29 is 14.3 Å². The Balaban J connectivity index is 2.08. The predicted octanol–water partition coefficient (Wildman–Crippen LogP) is 2.93. The van der Waals surface area contributed by atoms with Crippen molar-refractivity contribution in [3.05, 3.63) is 18.2 Å². The smallest absolute Gasteiger partial charge is 0.413 e. The molecule has 1 aliphatic rings. The SMILES string of the molecule is CC(C)(C)OC(=O)Nc1cccc(N2CC(Br)CC2=O)n1. The summed E-state index contributed by atoms with van der Waals surface area (Å²) >= 11 is 3.43. The molecule has 0 bridgehead atoms. The molecule has 2 heterocycles. The molecule has 2 amide bonds. The van der Waals surface area contributed by atoms with Crippen molar-refractivity contribution in [2.75, 3.05) is 16.8 Å². The average molecular weight is 356 g/mol. The number of halogens is 1. The molecule has 21 heavy (non-hydrogen) atoms. The molecule has 0 aliphatic carbocycles. The van der Waals surface area contributed by atoms with Gasteiger partial charge in [0.25, 0.3) is 0 Å². The molecule has 0 saturated carbocycles. The predicted molar refractivity (Wildman–Crippen MR) is 83.8 cm³/mol. The lowest BCUT2D eigenvalue weighted by molar-refractivity contribution is -0.117. The normalized spacial score (nSPS) is 18.8.